The van der Waals surface area contributed by atoms with Crippen LogP contribution in [-0.2, 0) is 9.53 Å². The van der Waals surface area contributed by atoms with Crippen molar-refractivity contribution in [2.75, 3.05) is 11.9 Å². The molecule has 2 rings (SSSR count). The molecule has 1 aliphatic carbocycles. The van der Waals surface area contributed by atoms with E-state index in [0.717, 1.165) is 16.6 Å². The van der Waals surface area contributed by atoms with Gasteiger partial charge < -0.3 is 10.1 Å². The number of benzene rings is 1. The van der Waals surface area contributed by atoms with Crippen molar-refractivity contribution >= 4 is 27.6 Å². The number of ether oxygens (including phenoxy) is 1. The molecule has 1 aromatic carbocycles. The Morgan fingerprint density at radius 2 is 1.95 bits per heavy atom. The summed E-state index contributed by atoms with van der Waals surface area (Å²) in [6.45, 7) is 2.29. The summed E-state index contributed by atoms with van der Waals surface area (Å²) in [5, 5.41) is 3.34. The highest BCUT2D eigenvalue weighted by Crippen LogP contribution is 2.28. The molecule has 0 saturated heterocycles. The SMILES string of the molecule is CCOC(=O)C(CC1CCCCC1)Nc1ccc(Br)cc1. The molecule has 0 heterocycles. The summed E-state index contributed by atoms with van der Waals surface area (Å²) < 4.78 is 6.27. The van der Waals surface area contributed by atoms with Crippen molar-refractivity contribution in [3.63, 3.8) is 0 Å². The minimum absolute atomic E-state index is 0.133. The maximum atomic E-state index is 12.2. The van der Waals surface area contributed by atoms with E-state index in [2.05, 4.69) is 21.2 Å². The Labute approximate surface area is 135 Å². The number of carbonyl (C=O) groups excluding carboxylic acids is 1. The summed E-state index contributed by atoms with van der Waals surface area (Å²) in [5.41, 5.74) is 0.965. The van der Waals surface area contributed by atoms with E-state index in [1.165, 1.54) is 32.1 Å². The van der Waals surface area contributed by atoms with Gasteiger partial charge in [-0.1, -0.05) is 48.0 Å². The summed E-state index contributed by atoms with van der Waals surface area (Å²) in [5.74, 6) is 0.502. The van der Waals surface area contributed by atoms with Gasteiger partial charge in [0.1, 0.15) is 6.04 Å². The van der Waals surface area contributed by atoms with Crippen molar-refractivity contribution in [2.24, 2.45) is 5.92 Å². The Hall–Kier alpha value is -1.03. The van der Waals surface area contributed by atoms with Crippen molar-refractivity contribution < 1.29 is 9.53 Å². The molecule has 0 bridgehead atoms. The molecule has 0 aromatic heterocycles. The van der Waals surface area contributed by atoms with Crippen molar-refractivity contribution in [1.29, 1.82) is 0 Å². The van der Waals surface area contributed by atoms with Crippen molar-refractivity contribution in [2.45, 2.75) is 51.5 Å². The molecule has 0 spiro atoms. The van der Waals surface area contributed by atoms with Crippen LogP contribution >= 0.6 is 15.9 Å². The Balaban J connectivity index is 2.00. The van der Waals surface area contributed by atoms with Crippen LogP contribution in [0.5, 0.6) is 0 Å². The highest BCUT2D eigenvalue weighted by molar-refractivity contribution is 9.10. The van der Waals surface area contributed by atoms with E-state index in [-0.39, 0.29) is 12.0 Å². The van der Waals surface area contributed by atoms with Crippen LogP contribution in [0.25, 0.3) is 0 Å². The summed E-state index contributed by atoms with van der Waals surface area (Å²) in [4.78, 5) is 12.2. The third-order valence-corrected chi connectivity index (χ3v) is 4.58. The van der Waals surface area contributed by atoms with Crippen molar-refractivity contribution in [1.82, 2.24) is 0 Å². The number of anilines is 1. The molecule has 1 N–H and O–H groups in total. The number of carbonyl (C=O) groups is 1. The average molecular weight is 354 g/mol. The summed E-state index contributed by atoms with van der Waals surface area (Å²) in [6.07, 6.45) is 7.25. The summed E-state index contributed by atoms with van der Waals surface area (Å²) >= 11 is 3.43. The second-order valence-corrected chi connectivity index (χ2v) is 6.61. The average Bonchev–Trinajstić information content (AvgIpc) is 2.50. The maximum absolute atomic E-state index is 12.2. The number of esters is 1. The molecule has 0 aliphatic heterocycles. The van der Waals surface area contributed by atoms with Crippen molar-refractivity contribution in [3.8, 4) is 0 Å². The smallest absolute Gasteiger partial charge is 0.328 e. The summed E-state index contributed by atoms with van der Waals surface area (Å²) in [7, 11) is 0. The first kappa shape index (κ1) is 16.3. The van der Waals surface area contributed by atoms with Crippen LogP contribution in [0.1, 0.15) is 45.4 Å². The third-order valence-electron chi connectivity index (χ3n) is 4.05. The first-order valence-corrected chi connectivity index (χ1v) is 8.67. The largest absolute Gasteiger partial charge is 0.464 e. The molecule has 4 heteroatoms. The van der Waals surface area contributed by atoms with Crippen LogP contribution in [0.4, 0.5) is 5.69 Å². The Morgan fingerprint density at radius 3 is 2.57 bits per heavy atom. The van der Waals surface area contributed by atoms with E-state index in [0.29, 0.717) is 12.5 Å². The Bertz CT molecular complexity index is 441. The van der Waals surface area contributed by atoms with Gasteiger partial charge in [0, 0.05) is 10.2 Å². The third kappa shape index (κ3) is 5.34. The minimum atomic E-state index is -0.241. The lowest BCUT2D eigenvalue weighted by atomic mass is 9.85. The van der Waals surface area contributed by atoms with Crippen LogP contribution in [0.3, 0.4) is 0 Å². The Morgan fingerprint density at radius 1 is 1.29 bits per heavy atom. The monoisotopic (exact) mass is 353 g/mol. The number of hydrogen-bond donors (Lipinski definition) is 1. The van der Waals surface area contributed by atoms with Gasteiger partial charge in [-0.15, -0.1) is 0 Å². The maximum Gasteiger partial charge on any atom is 0.328 e. The van der Waals surface area contributed by atoms with Crippen molar-refractivity contribution in [3.05, 3.63) is 28.7 Å². The van der Waals surface area contributed by atoms with E-state index in [1.807, 2.05) is 31.2 Å². The van der Waals surface area contributed by atoms with Crippen LogP contribution in [0.2, 0.25) is 0 Å². The van der Waals surface area contributed by atoms with E-state index < -0.39 is 0 Å². The molecule has 1 atom stereocenters. The second-order valence-electron chi connectivity index (χ2n) is 5.70. The van der Waals surface area contributed by atoms with Gasteiger partial charge in [-0.3, -0.25) is 0 Å². The van der Waals surface area contributed by atoms with Crippen LogP contribution in [0.15, 0.2) is 28.7 Å². The van der Waals surface area contributed by atoms with Crippen LogP contribution in [-0.4, -0.2) is 18.6 Å². The molecule has 1 unspecified atom stereocenters. The molecule has 116 valence electrons. The van der Waals surface area contributed by atoms with Crippen LogP contribution in [0, 0.1) is 5.92 Å². The first-order chi connectivity index (χ1) is 10.2. The lowest BCUT2D eigenvalue weighted by Crippen LogP contribution is -2.34. The highest BCUT2D eigenvalue weighted by atomic mass is 79.9. The summed E-state index contributed by atoms with van der Waals surface area (Å²) in [6, 6.07) is 7.68. The van der Waals surface area contributed by atoms with Gasteiger partial charge in [-0.05, 0) is 43.5 Å². The zero-order valence-corrected chi connectivity index (χ0v) is 14.2. The molecule has 0 radical (unpaired) electrons. The predicted molar refractivity (Wildman–Crippen MR) is 89.4 cm³/mol. The molecule has 0 amide bonds. The van der Waals surface area contributed by atoms with E-state index in [4.69, 9.17) is 4.74 Å². The molecular weight excluding hydrogens is 330 g/mol. The molecule has 1 aliphatic rings. The van der Waals surface area contributed by atoms with Crippen LogP contribution < -0.4 is 5.32 Å². The number of halogens is 1. The fourth-order valence-electron chi connectivity index (χ4n) is 2.96. The van der Waals surface area contributed by atoms with E-state index >= 15 is 0 Å². The first-order valence-electron chi connectivity index (χ1n) is 7.87. The normalized spacial score (nSPS) is 17.2. The van der Waals surface area contributed by atoms with E-state index in [9.17, 15) is 4.79 Å². The minimum Gasteiger partial charge on any atom is -0.464 e. The lowest BCUT2D eigenvalue weighted by Gasteiger charge is -2.26. The zero-order valence-electron chi connectivity index (χ0n) is 12.6. The van der Waals surface area contributed by atoms with Gasteiger partial charge in [0.25, 0.3) is 0 Å². The number of nitrogens with one attached hydrogen (secondary N) is 1. The molecule has 1 saturated carbocycles. The van der Waals surface area contributed by atoms with Gasteiger partial charge >= 0.3 is 5.97 Å². The van der Waals surface area contributed by atoms with Gasteiger partial charge in [-0.2, -0.15) is 0 Å². The fraction of sp³-hybridized carbons (Fsp3) is 0.588. The molecule has 3 nitrogen and oxygen atoms in total. The molecule has 21 heavy (non-hydrogen) atoms. The molecular formula is C17H24BrNO2. The predicted octanol–water partition coefficient (Wildman–Crippen LogP) is 4.76. The molecule has 1 aromatic rings. The second kappa shape index (κ2) is 8.42. The molecule has 1 fully saturated rings. The standard InChI is InChI=1S/C17H24BrNO2/c1-2-21-17(20)16(12-13-6-4-3-5-7-13)19-15-10-8-14(18)9-11-15/h8-11,13,16,19H,2-7,12H2,1H3. The van der Waals surface area contributed by atoms with Gasteiger partial charge in [0.2, 0.25) is 0 Å². The fourth-order valence-corrected chi connectivity index (χ4v) is 3.22. The number of hydrogen-bond acceptors (Lipinski definition) is 3. The van der Waals surface area contributed by atoms with Gasteiger partial charge in [0.15, 0.2) is 0 Å². The van der Waals surface area contributed by atoms with Gasteiger partial charge in [0.05, 0.1) is 6.61 Å². The Kier molecular flexibility index (Phi) is 6.55. The lowest BCUT2D eigenvalue weighted by molar-refractivity contribution is -0.144. The topological polar surface area (TPSA) is 38.3 Å². The quantitative estimate of drug-likeness (QED) is 0.749. The van der Waals surface area contributed by atoms with Gasteiger partial charge in [-0.25, -0.2) is 4.79 Å². The van der Waals surface area contributed by atoms with E-state index in [1.54, 1.807) is 0 Å². The highest BCUT2D eigenvalue weighted by Gasteiger charge is 2.25. The number of rotatable bonds is 6. The zero-order chi connectivity index (χ0) is 15.1.